The fourth-order valence-electron chi connectivity index (χ4n) is 1.76. The van der Waals surface area contributed by atoms with Crippen LogP contribution < -0.4 is 5.32 Å². The van der Waals surface area contributed by atoms with E-state index >= 15 is 0 Å². The highest BCUT2D eigenvalue weighted by atomic mass is 16.5. The summed E-state index contributed by atoms with van der Waals surface area (Å²) in [5, 5.41) is 2.37. The molecule has 0 radical (unpaired) electrons. The van der Waals surface area contributed by atoms with Crippen LogP contribution in [-0.4, -0.2) is 43.4 Å². The Balaban J connectivity index is 2.42. The smallest absolute Gasteiger partial charge is 0.338 e. The van der Waals surface area contributed by atoms with Crippen molar-refractivity contribution in [3.63, 3.8) is 0 Å². The molecule has 7 heteroatoms. The first-order valence-electron chi connectivity index (χ1n) is 7.14. The first kappa shape index (κ1) is 18.3. The molecule has 1 N–H and O–H groups in total. The minimum Gasteiger partial charge on any atom is -0.465 e. The van der Waals surface area contributed by atoms with Gasteiger partial charge >= 0.3 is 11.9 Å². The summed E-state index contributed by atoms with van der Waals surface area (Å²) in [6.45, 7) is 2.70. The van der Waals surface area contributed by atoms with E-state index in [1.165, 1.54) is 0 Å². The lowest BCUT2D eigenvalue weighted by atomic mass is 10.1. The molecule has 0 saturated carbocycles. The maximum atomic E-state index is 11.8. The Hall–Kier alpha value is -2.70. The van der Waals surface area contributed by atoms with E-state index in [0.29, 0.717) is 5.56 Å². The molecule has 0 spiro atoms. The summed E-state index contributed by atoms with van der Waals surface area (Å²) in [5.41, 5.74) is 0.395. The molecule has 1 rings (SSSR count). The maximum absolute atomic E-state index is 11.8. The Morgan fingerprint density at radius 3 is 2.30 bits per heavy atom. The van der Waals surface area contributed by atoms with E-state index in [4.69, 9.17) is 4.74 Å². The van der Waals surface area contributed by atoms with Crippen LogP contribution in [0.15, 0.2) is 30.3 Å². The summed E-state index contributed by atoms with van der Waals surface area (Å²) in [6, 6.07) is 8.39. The number of hydrogen-bond acceptors (Lipinski definition) is 6. The monoisotopic (exact) mass is 321 g/mol. The highest BCUT2D eigenvalue weighted by Crippen LogP contribution is 2.03. The number of carbonyl (C=O) groups excluding carboxylic acids is 4. The molecule has 0 aliphatic rings. The Morgan fingerprint density at radius 1 is 1.09 bits per heavy atom. The summed E-state index contributed by atoms with van der Waals surface area (Å²) in [5.74, 6) is -4.29. The molecule has 124 valence electrons. The zero-order valence-corrected chi connectivity index (χ0v) is 13.0. The number of amides is 1. The topological polar surface area (TPSA) is 98.8 Å². The summed E-state index contributed by atoms with van der Waals surface area (Å²) in [6.07, 6.45) is 0. The SMILES string of the molecule is CCOC(=O)C(C(C)=O)C(=O)NCCOC(=O)c1ccccc1. The van der Waals surface area contributed by atoms with Crippen LogP contribution >= 0.6 is 0 Å². The normalized spacial score (nSPS) is 11.2. The lowest BCUT2D eigenvalue weighted by Gasteiger charge is -2.13. The molecule has 1 amide bonds. The largest absolute Gasteiger partial charge is 0.465 e. The Labute approximate surface area is 134 Å². The molecule has 1 aromatic rings. The van der Waals surface area contributed by atoms with Gasteiger partial charge in [0.05, 0.1) is 18.7 Å². The second-order valence-electron chi connectivity index (χ2n) is 4.59. The van der Waals surface area contributed by atoms with E-state index in [0.717, 1.165) is 6.92 Å². The van der Waals surface area contributed by atoms with Crippen LogP contribution in [0.2, 0.25) is 0 Å². The van der Waals surface area contributed by atoms with Gasteiger partial charge in [-0.2, -0.15) is 0 Å². The van der Waals surface area contributed by atoms with Gasteiger partial charge < -0.3 is 14.8 Å². The number of benzene rings is 1. The fraction of sp³-hybridized carbons (Fsp3) is 0.375. The van der Waals surface area contributed by atoms with E-state index in [1.807, 2.05) is 0 Å². The van der Waals surface area contributed by atoms with E-state index in [-0.39, 0.29) is 19.8 Å². The Morgan fingerprint density at radius 2 is 1.74 bits per heavy atom. The molecule has 0 heterocycles. The zero-order chi connectivity index (χ0) is 17.2. The summed E-state index contributed by atoms with van der Waals surface area (Å²) in [7, 11) is 0. The van der Waals surface area contributed by atoms with Gasteiger partial charge in [-0.05, 0) is 26.0 Å². The van der Waals surface area contributed by atoms with Crippen LogP contribution in [0.1, 0.15) is 24.2 Å². The second-order valence-corrected chi connectivity index (χ2v) is 4.59. The first-order chi connectivity index (χ1) is 11.0. The van der Waals surface area contributed by atoms with Crippen molar-refractivity contribution < 1.29 is 28.7 Å². The fourth-order valence-corrected chi connectivity index (χ4v) is 1.76. The van der Waals surface area contributed by atoms with Crippen molar-refractivity contribution >= 4 is 23.6 Å². The van der Waals surface area contributed by atoms with Crippen molar-refractivity contribution in [1.82, 2.24) is 5.32 Å². The van der Waals surface area contributed by atoms with Crippen molar-refractivity contribution in [2.45, 2.75) is 13.8 Å². The molecule has 0 aromatic heterocycles. The van der Waals surface area contributed by atoms with Gasteiger partial charge in [0.15, 0.2) is 11.7 Å². The third-order valence-corrected chi connectivity index (χ3v) is 2.83. The molecule has 0 aliphatic carbocycles. The average molecular weight is 321 g/mol. The highest BCUT2D eigenvalue weighted by Gasteiger charge is 2.32. The van der Waals surface area contributed by atoms with Crippen LogP contribution in [0.4, 0.5) is 0 Å². The molecule has 1 unspecified atom stereocenters. The Kier molecular flexibility index (Phi) is 7.45. The van der Waals surface area contributed by atoms with Crippen LogP contribution in [0.25, 0.3) is 0 Å². The third-order valence-electron chi connectivity index (χ3n) is 2.83. The van der Waals surface area contributed by atoms with Crippen molar-refractivity contribution in [1.29, 1.82) is 0 Å². The van der Waals surface area contributed by atoms with Gasteiger partial charge in [0.2, 0.25) is 5.91 Å². The third kappa shape index (κ3) is 5.90. The second kappa shape index (κ2) is 9.34. The lowest BCUT2D eigenvalue weighted by Crippen LogP contribution is -2.41. The summed E-state index contributed by atoms with van der Waals surface area (Å²) in [4.78, 5) is 46.4. The predicted octanol–water partition coefficient (Wildman–Crippen LogP) is 0.728. The van der Waals surface area contributed by atoms with Crippen molar-refractivity contribution in [3.8, 4) is 0 Å². The molecule has 7 nitrogen and oxygen atoms in total. The maximum Gasteiger partial charge on any atom is 0.338 e. The number of hydrogen-bond donors (Lipinski definition) is 1. The lowest BCUT2D eigenvalue weighted by molar-refractivity contribution is -0.155. The summed E-state index contributed by atoms with van der Waals surface area (Å²) >= 11 is 0. The van der Waals surface area contributed by atoms with Gasteiger partial charge in [0.1, 0.15) is 6.61 Å². The molecule has 0 fully saturated rings. The number of carbonyl (C=O) groups is 4. The van der Waals surface area contributed by atoms with Crippen molar-refractivity contribution in [2.75, 3.05) is 19.8 Å². The standard InChI is InChI=1S/C16H19NO6/c1-3-22-16(21)13(11(2)18)14(19)17-9-10-23-15(20)12-7-5-4-6-8-12/h4-8,13H,3,9-10H2,1-2H3,(H,17,19). The minimum atomic E-state index is -1.50. The number of nitrogens with one attached hydrogen (secondary N) is 1. The Bertz CT molecular complexity index is 569. The number of Topliss-reactive ketones (excluding diaryl/α,β-unsaturated/α-hetero) is 1. The number of ketones is 1. The van der Waals surface area contributed by atoms with E-state index < -0.39 is 29.5 Å². The van der Waals surface area contributed by atoms with Crippen LogP contribution in [0.3, 0.4) is 0 Å². The molecular weight excluding hydrogens is 302 g/mol. The highest BCUT2D eigenvalue weighted by molar-refractivity contribution is 6.15. The minimum absolute atomic E-state index is 0.0133. The molecule has 0 bridgehead atoms. The van der Waals surface area contributed by atoms with Gasteiger partial charge in [-0.15, -0.1) is 0 Å². The van der Waals surface area contributed by atoms with Gasteiger partial charge in [0.25, 0.3) is 0 Å². The van der Waals surface area contributed by atoms with Gasteiger partial charge in [-0.3, -0.25) is 14.4 Å². The van der Waals surface area contributed by atoms with Crippen molar-refractivity contribution in [2.24, 2.45) is 5.92 Å². The molecule has 23 heavy (non-hydrogen) atoms. The van der Waals surface area contributed by atoms with E-state index in [9.17, 15) is 19.2 Å². The van der Waals surface area contributed by atoms with Crippen molar-refractivity contribution in [3.05, 3.63) is 35.9 Å². The van der Waals surface area contributed by atoms with Crippen LogP contribution in [0, 0.1) is 5.92 Å². The molecule has 1 atom stereocenters. The van der Waals surface area contributed by atoms with Gasteiger partial charge in [-0.1, -0.05) is 18.2 Å². The van der Waals surface area contributed by atoms with Gasteiger partial charge in [0, 0.05) is 0 Å². The first-order valence-corrected chi connectivity index (χ1v) is 7.14. The van der Waals surface area contributed by atoms with E-state index in [1.54, 1.807) is 37.3 Å². The summed E-state index contributed by atoms with van der Waals surface area (Å²) < 4.78 is 9.65. The molecular formula is C16H19NO6. The van der Waals surface area contributed by atoms with Crippen LogP contribution in [-0.2, 0) is 23.9 Å². The predicted molar refractivity (Wildman–Crippen MR) is 80.5 cm³/mol. The van der Waals surface area contributed by atoms with Gasteiger partial charge in [-0.25, -0.2) is 4.79 Å². The molecule has 0 saturated heterocycles. The van der Waals surface area contributed by atoms with E-state index in [2.05, 4.69) is 10.1 Å². The molecule has 0 aliphatic heterocycles. The molecule has 1 aromatic carbocycles. The number of rotatable bonds is 8. The number of ether oxygens (including phenoxy) is 2. The average Bonchev–Trinajstić information content (AvgIpc) is 2.52. The van der Waals surface area contributed by atoms with Crippen LogP contribution in [0.5, 0.6) is 0 Å². The number of esters is 2. The quantitative estimate of drug-likeness (QED) is 0.430. The zero-order valence-electron chi connectivity index (χ0n) is 13.0.